The van der Waals surface area contributed by atoms with E-state index in [1.165, 1.54) is 11.3 Å². The summed E-state index contributed by atoms with van der Waals surface area (Å²) in [6.45, 7) is 1.99. The quantitative estimate of drug-likeness (QED) is 0.635. The first kappa shape index (κ1) is 10.3. The van der Waals surface area contributed by atoms with Crippen molar-refractivity contribution in [3.63, 3.8) is 0 Å². The van der Waals surface area contributed by atoms with E-state index in [-0.39, 0.29) is 5.78 Å². The second-order valence-electron chi connectivity index (χ2n) is 3.89. The summed E-state index contributed by atoms with van der Waals surface area (Å²) in [4.78, 5) is 14.0. The van der Waals surface area contributed by atoms with Gasteiger partial charge >= 0.3 is 0 Å². The van der Waals surface area contributed by atoms with Crippen LogP contribution in [0.5, 0.6) is 0 Å². The van der Waals surface area contributed by atoms with E-state index in [1.807, 2.05) is 43.3 Å². The van der Waals surface area contributed by atoms with Crippen molar-refractivity contribution >= 4 is 28.1 Å². The number of furan rings is 1. The fraction of sp³-hybridized carbons (Fsp3) is 0.0714. The van der Waals surface area contributed by atoms with E-state index in [4.69, 9.17) is 4.42 Å². The lowest BCUT2D eigenvalue weighted by Gasteiger charge is -1.90. The standard InChI is InChI=1S/C14H10O2S/c1-9-6-7-13(17-9)14(15)12-8-10-4-2-3-5-11(10)16-12/h2-8H,1H3. The van der Waals surface area contributed by atoms with Crippen molar-refractivity contribution in [2.45, 2.75) is 6.92 Å². The SMILES string of the molecule is Cc1ccc(C(=O)c2cc3ccccc3o2)s1. The first-order valence-electron chi connectivity index (χ1n) is 5.34. The van der Waals surface area contributed by atoms with Crippen LogP contribution in [-0.4, -0.2) is 5.78 Å². The number of aryl methyl sites for hydroxylation is 1. The molecule has 0 amide bonds. The Kier molecular flexibility index (Phi) is 2.34. The van der Waals surface area contributed by atoms with Gasteiger partial charge in [-0.05, 0) is 31.2 Å². The van der Waals surface area contributed by atoms with Crippen LogP contribution in [0.1, 0.15) is 20.3 Å². The fourth-order valence-corrected chi connectivity index (χ4v) is 2.58. The number of benzene rings is 1. The molecule has 0 aliphatic rings. The molecule has 0 fully saturated rings. The summed E-state index contributed by atoms with van der Waals surface area (Å²) in [5.41, 5.74) is 0.754. The van der Waals surface area contributed by atoms with Crippen molar-refractivity contribution in [3.8, 4) is 0 Å². The maximum absolute atomic E-state index is 12.1. The Balaban J connectivity index is 2.06. The topological polar surface area (TPSA) is 30.2 Å². The van der Waals surface area contributed by atoms with Crippen LogP contribution in [0, 0.1) is 6.92 Å². The summed E-state index contributed by atoms with van der Waals surface area (Å²) < 4.78 is 5.55. The molecule has 2 aromatic heterocycles. The number of thiophene rings is 1. The zero-order chi connectivity index (χ0) is 11.8. The minimum atomic E-state index is -0.0423. The van der Waals surface area contributed by atoms with Gasteiger partial charge in [0.1, 0.15) is 5.58 Å². The lowest BCUT2D eigenvalue weighted by atomic mass is 10.2. The van der Waals surface area contributed by atoms with Crippen molar-refractivity contribution < 1.29 is 9.21 Å². The van der Waals surface area contributed by atoms with Gasteiger partial charge in [0.25, 0.3) is 0 Å². The van der Waals surface area contributed by atoms with E-state index in [0.717, 1.165) is 20.7 Å². The molecule has 0 N–H and O–H groups in total. The molecular formula is C14H10O2S. The minimum Gasteiger partial charge on any atom is -0.453 e. The van der Waals surface area contributed by atoms with Crippen LogP contribution in [0.15, 0.2) is 46.9 Å². The predicted molar refractivity (Wildman–Crippen MR) is 68.7 cm³/mol. The van der Waals surface area contributed by atoms with Gasteiger partial charge in [0, 0.05) is 10.3 Å². The highest BCUT2D eigenvalue weighted by Gasteiger charge is 2.15. The fourth-order valence-electron chi connectivity index (χ4n) is 1.77. The average Bonchev–Trinajstić information content (AvgIpc) is 2.93. The first-order chi connectivity index (χ1) is 8.24. The van der Waals surface area contributed by atoms with Gasteiger partial charge in [-0.15, -0.1) is 11.3 Å². The molecular weight excluding hydrogens is 232 g/mol. The van der Waals surface area contributed by atoms with E-state index in [9.17, 15) is 4.79 Å². The number of rotatable bonds is 2. The predicted octanol–water partition coefficient (Wildman–Crippen LogP) is 4.03. The number of ketones is 1. The van der Waals surface area contributed by atoms with Crippen LogP contribution in [0.2, 0.25) is 0 Å². The van der Waals surface area contributed by atoms with E-state index >= 15 is 0 Å². The third-order valence-electron chi connectivity index (χ3n) is 2.61. The number of carbonyl (C=O) groups excluding carboxylic acids is 1. The van der Waals surface area contributed by atoms with E-state index in [1.54, 1.807) is 6.07 Å². The Morgan fingerprint density at radius 1 is 1.18 bits per heavy atom. The minimum absolute atomic E-state index is 0.0423. The lowest BCUT2D eigenvalue weighted by Crippen LogP contribution is -1.95. The summed E-state index contributed by atoms with van der Waals surface area (Å²) in [5, 5.41) is 0.962. The first-order valence-corrected chi connectivity index (χ1v) is 6.15. The Morgan fingerprint density at radius 3 is 2.71 bits per heavy atom. The number of hydrogen-bond acceptors (Lipinski definition) is 3. The van der Waals surface area contributed by atoms with E-state index < -0.39 is 0 Å². The van der Waals surface area contributed by atoms with Gasteiger partial charge in [0.05, 0.1) is 4.88 Å². The second-order valence-corrected chi connectivity index (χ2v) is 5.18. The zero-order valence-corrected chi connectivity index (χ0v) is 10.1. The number of hydrogen-bond donors (Lipinski definition) is 0. The van der Waals surface area contributed by atoms with Gasteiger partial charge in [-0.2, -0.15) is 0 Å². The summed E-state index contributed by atoms with van der Waals surface area (Å²) >= 11 is 1.49. The van der Waals surface area contributed by atoms with Gasteiger partial charge in [-0.1, -0.05) is 18.2 Å². The zero-order valence-electron chi connectivity index (χ0n) is 9.27. The van der Waals surface area contributed by atoms with Crippen molar-refractivity contribution in [2.24, 2.45) is 0 Å². The maximum atomic E-state index is 12.1. The number of carbonyl (C=O) groups is 1. The van der Waals surface area contributed by atoms with Crippen molar-refractivity contribution in [1.82, 2.24) is 0 Å². The third kappa shape index (κ3) is 1.78. The number of fused-ring (bicyclic) bond motifs is 1. The molecule has 0 atom stereocenters. The molecule has 17 heavy (non-hydrogen) atoms. The van der Waals surface area contributed by atoms with Crippen molar-refractivity contribution in [3.05, 3.63) is 58.0 Å². The van der Waals surface area contributed by atoms with Crippen molar-refractivity contribution in [2.75, 3.05) is 0 Å². The molecule has 1 aromatic carbocycles. The molecule has 2 heterocycles. The molecule has 3 heteroatoms. The van der Waals surface area contributed by atoms with Crippen molar-refractivity contribution in [1.29, 1.82) is 0 Å². The largest absolute Gasteiger partial charge is 0.453 e. The second kappa shape index (κ2) is 3.86. The molecule has 3 rings (SSSR count). The van der Waals surface area contributed by atoms with Crippen LogP contribution in [0.3, 0.4) is 0 Å². The smallest absolute Gasteiger partial charge is 0.238 e. The van der Waals surface area contributed by atoms with Crippen LogP contribution >= 0.6 is 11.3 Å². The Labute approximate surface area is 102 Å². The van der Waals surface area contributed by atoms with Crippen LogP contribution in [-0.2, 0) is 0 Å². The normalized spacial score (nSPS) is 10.9. The van der Waals surface area contributed by atoms with Gasteiger partial charge in [0.15, 0.2) is 5.76 Å². The Morgan fingerprint density at radius 2 is 2.00 bits per heavy atom. The van der Waals surface area contributed by atoms with Crippen LogP contribution in [0.4, 0.5) is 0 Å². The summed E-state index contributed by atoms with van der Waals surface area (Å²) in [6.07, 6.45) is 0. The van der Waals surface area contributed by atoms with E-state index in [2.05, 4.69) is 0 Å². The van der Waals surface area contributed by atoms with Gasteiger partial charge in [0.2, 0.25) is 5.78 Å². The Hall–Kier alpha value is -1.87. The lowest BCUT2D eigenvalue weighted by molar-refractivity contribution is 0.101. The van der Waals surface area contributed by atoms with Gasteiger partial charge in [-0.25, -0.2) is 0 Å². The summed E-state index contributed by atoms with van der Waals surface area (Å²) in [7, 11) is 0. The summed E-state index contributed by atoms with van der Waals surface area (Å²) in [5.74, 6) is 0.368. The number of para-hydroxylation sites is 1. The molecule has 0 bridgehead atoms. The third-order valence-corrected chi connectivity index (χ3v) is 3.61. The summed E-state index contributed by atoms with van der Waals surface area (Å²) in [6, 6.07) is 13.2. The van der Waals surface area contributed by atoms with Crippen LogP contribution < -0.4 is 0 Å². The monoisotopic (exact) mass is 242 g/mol. The highest BCUT2D eigenvalue weighted by molar-refractivity contribution is 7.14. The van der Waals surface area contributed by atoms with Crippen LogP contribution in [0.25, 0.3) is 11.0 Å². The molecule has 0 spiro atoms. The van der Waals surface area contributed by atoms with Gasteiger partial charge < -0.3 is 4.42 Å². The molecule has 0 aliphatic carbocycles. The molecule has 0 saturated heterocycles. The molecule has 3 aromatic rings. The highest BCUT2D eigenvalue weighted by atomic mass is 32.1. The van der Waals surface area contributed by atoms with E-state index in [0.29, 0.717) is 5.76 Å². The molecule has 0 saturated carbocycles. The highest BCUT2D eigenvalue weighted by Crippen LogP contribution is 2.24. The maximum Gasteiger partial charge on any atom is 0.238 e. The Bertz CT molecular complexity index is 658. The van der Waals surface area contributed by atoms with Gasteiger partial charge in [-0.3, -0.25) is 4.79 Å². The average molecular weight is 242 g/mol. The molecule has 0 unspecified atom stereocenters. The molecule has 84 valence electrons. The molecule has 0 radical (unpaired) electrons. The molecule has 2 nitrogen and oxygen atoms in total. The molecule has 0 aliphatic heterocycles.